The van der Waals surface area contributed by atoms with Gasteiger partial charge in [0, 0.05) is 5.56 Å². The molecule has 0 aliphatic heterocycles. The van der Waals surface area contributed by atoms with Gasteiger partial charge < -0.3 is 9.47 Å². The molecule has 23 heavy (non-hydrogen) atoms. The number of nitrogens with one attached hydrogen (secondary N) is 1. The number of nitrogens with zero attached hydrogens (tertiary/aromatic N) is 1. The third-order valence-corrected chi connectivity index (χ3v) is 2.92. The van der Waals surface area contributed by atoms with Crippen LogP contribution in [0.25, 0.3) is 0 Å². The molecule has 0 atom stereocenters. The molecule has 0 radical (unpaired) electrons. The number of carbonyl (C=O) groups is 1. The van der Waals surface area contributed by atoms with E-state index in [4.69, 9.17) is 9.47 Å². The molecule has 0 saturated heterocycles. The SMILES string of the molecule is C.CCOc1ccc(/C=N/NC(=O)c2ccc(OC)cc2)cc1. The zero-order chi connectivity index (χ0) is 15.8. The molecule has 122 valence electrons. The molecule has 0 aromatic heterocycles. The number of methoxy groups -OCH3 is 1. The van der Waals surface area contributed by atoms with Crippen molar-refractivity contribution >= 4 is 12.1 Å². The minimum atomic E-state index is -0.273. The van der Waals surface area contributed by atoms with Gasteiger partial charge in [-0.25, -0.2) is 5.43 Å². The lowest BCUT2D eigenvalue weighted by atomic mass is 10.2. The van der Waals surface area contributed by atoms with Crippen molar-refractivity contribution in [3.63, 3.8) is 0 Å². The van der Waals surface area contributed by atoms with Crippen molar-refractivity contribution < 1.29 is 14.3 Å². The van der Waals surface area contributed by atoms with Gasteiger partial charge in [0.1, 0.15) is 11.5 Å². The molecular weight excluding hydrogens is 292 g/mol. The average molecular weight is 314 g/mol. The second-order valence-electron chi connectivity index (χ2n) is 4.43. The van der Waals surface area contributed by atoms with Crippen LogP contribution in [0.5, 0.6) is 11.5 Å². The quantitative estimate of drug-likeness (QED) is 0.656. The summed E-state index contributed by atoms with van der Waals surface area (Å²) in [5.74, 6) is 1.24. The highest BCUT2D eigenvalue weighted by atomic mass is 16.5. The number of hydrogen-bond donors (Lipinski definition) is 1. The Morgan fingerprint density at radius 1 is 1.09 bits per heavy atom. The second kappa shape index (κ2) is 9.25. The summed E-state index contributed by atoms with van der Waals surface area (Å²) in [4.78, 5) is 11.9. The zero-order valence-corrected chi connectivity index (χ0v) is 12.6. The van der Waals surface area contributed by atoms with E-state index in [0.717, 1.165) is 11.3 Å². The van der Waals surface area contributed by atoms with E-state index in [-0.39, 0.29) is 13.3 Å². The molecule has 5 heteroatoms. The van der Waals surface area contributed by atoms with Gasteiger partial charge in [0.2, 0.25) is 0 Å². The summed E-state index contributed by atoms with van der Waals surface area (Å²) in [6.45, 7) is 2.56. The number of rotatable bonds is 6. The van der Waals surface area contributed by atoms with Gasteiger partial charge in [-0.1, -0.05) is 7.43 Å². The monoisotopic (exact) mass is 314 g/mol. The summed E-state index contributed by atoms with van der Waals surface area (Å²) in [5.41, 5.74) is 3.87. The van der Waals surface area contributed by atoms with Crippen LogP contribution < -0.4 is 14.9 Å². The zero-order valence-electron chi connectivity index (χ0n) is 12.6. The van der Waals surface area contributed by atoms with Gasteiger partial charge in [0.05, 0.1) is 19.9 Å². The highest BCUT2D eigenvalue weighted by Gasteiger charge is 2.03. The molecule has 5 nitrogen and oxygen atoms in total. The van der Waals surface area contributed by atoms with Crippen molar-refractivity contribution in [1.82, 2.24) is 5.43 Å². The molecule has 0 aliphatic carbocycles. The summed E-state index contributed by atoms with van der Waals surface area (Å²) >= 11 is 0. The van der Waals surface area contributed by atoms with Crippen molar-refractivity contribution in [2.24, 2.45) is 5.10 Å². The van der Waals surface area contributed by atoms with Gasteiger partial charge >= 0.3 is 0 Å². The summed E-state index contributed by atoms with van der Waals surface area (Å²) < 4.78 is 10.4. The van der Waals surface area contributed by atoms with E-state index in [1.54, 1.807) is 37.6 Å². The minimum Gasteiger partial charge on any atom is -0.497 e. The molecule has 0 heterocycles. The lowest BCUT2D eigenvalue weighted by Crippen LogP contribution is -2.17. The predicted molar refractivity (Wildman–Crippen MR) is 92.4 cm³/mol. The largest absolute Gasteiger partial charge is 0.497 e. The Balaban J connectivity index is 0.00000264. The Kier molecular flexibility index (Phi) is 7.33. The highest BCUT2D eigenvalue weighted by molar-refractivity contribution is 5.95. The third-order valence-electron chi connectivity index (χ3n) is 2.92. The first-order valence-electron chi connectivity index (χ1n) is 6.93. The maximum absolute atomic E-state index is 11.9. The van der Waals surface area contributed by atoms with Crippen molar-refractivity contribution in [1.29, 1.82) is 0 Å². The molecule has 2 aromatic rings. The summed E-state index contributed by atoms with van der Waals surface area (Å²) in [6, 6.07) is 14.3. The molecule has 0 fully saturated rings. The van der Waals surface area contributed by atoms with Crippen LogP contribution in [-0.4, -0.2) is 25.8 Å². The Morgan fingerprint density at radius 3 is 2.26 bits per heavy atom. The Bertz CT molecular complexity index is 634. The van der Waals surface area contributed by atoms with E-state index in [1.807, 2.05) is 31.2 Å². The first-order chi connectivity index (χ1) is 10.7. The van der Waals surface area contributed by atoms with Gasteiger partial charge in [-0.3, -0.25) is 4.79 Å². The van der Waals surface area contributed by atoms with Crippen LogP contribution in [-0.2, 0) is 0 Å². The normalized spacial score (nSPS) is 10.0. The summed E-state index contributed by atoms with van der Waals surface area (Å²) in [6.07, 6.45) is 1.58. The lowest BCUT2D eigenvalue weighted by molar-refractivity contribution is 0.0955. The summed E-state index contributed by atoms with van der Waals surface area (Å²) in [5, 5.41) is 3.94. The smallest absolute Gasteiger partial charge is 0.271 e. The molecule has 1 amide bonds. The van der Waals surface area contributed by atoms with Gasteiger partial charge in [-0.2, -0.15) is 5.10 Å². The average Bonchev–Trinajstić information content (AvgIpc) is 2.56. The van der Waals surface area contributed by atoms with Crippen LogP contribution in [0.3, 0.4) is 0 Å². The number of carbonyl (C=O) groups excluding carboxylic acids is 1. The molecule has 0 aliphatic rings. The highest BCUT2D eigenvalue weighted by Crippen LogP contribution is 2.12. The van der Waals surface area contributed by atoms with Gasteiger partial charge in [0.25, 0.3) is 5.91 Å². The maximum Gasteiger partial charge on any atom is 0.271 e. The van der Waals surface area contributed by atoms with E-state index in [9.17, 15) is 4.79 Å². The van der Waals surface area contributed by atoms with Crippen molar-refractivity contribution in [2.75, 3.05) is 13.7 Å². The van der Waals surface area contributed by atoms with E-state index in [1.165, 1.54) is 0 Å². The number of amides is 1. The predicted octanol–water partition coefficient (Wildman–Crippen LogP) is 3.49. The van der Waals surface area contributed by atoms with E-state index < -0.39 is 0 Å². The standard InChI is InChI=1S/C17H18N2O3.CH4/c1-3-22-16-8-4-13(5-9-16)12-18-19-17(20)14-6-10-15(21-2)11-7-14;/h4-12H,3H2,1-2H3,(H,19,20);1H4/b18-12+;. The number of ether oxygens (including phenoxy) is 2. The Morgan fingerprint density at radius 2 is 1.70 bits per heavy atom. The van der Waals surface area contributed by atoms with Crippen molar-refractivity contribution in [3.05, 3.63) is 59.7 Å². The fraction of sp³-hybridized carbons (Fsp3) is 0.222. The maximum atomic E-state index is 11.9. The lowest BCUT2D eigenvalue weighted by Gasteiger charge is -2.03. The third kappa shape index (κ3) is 5.47. The van der Waals surface area contributed by atoms with E-state index >= 15 is 0 Å². The Labute approximate surface area is 136 Å². The van der Waals surface area contributed by atoms with Crippen molar-refractivity contribution in [3.8, 4) is 11.5 Å². The van der Waals surface area contributed by atoms with Crippen LogP contribution in [0.15, 0.2) is 53.6 Å². The molecular formula is C18H22N2O3. The van der Waals surface area contributed by atoms with Gasteiger partial charge in [0.15, 0.2) is 0 Å². The fourth-order valence-electron chi connectivity index (χ4n) is 1.79. The topological polar surface area (TPSA) is 59.9 Å². The number of hydrogen-bond acceptors (Lipinski definition) is 4. The minimum absolute atomic E-state index is 0. The fourth-order valence-corrected chi connectivity index (χ4v) is 1.79. The molecule has 0 unspecified atom stereocenters. The number of benzene rings is 2. The number of hydrazone groups is 1. The second-order valence-corrected chi connectivity index (χ2v) is 4.43. The van der Waals surface area contributed by atoms with Crippen LogP contribution >= 0.6 is 0 Å². The van der Waals surface area contributed by atoms with Crippen LogP contribution in [0.4, 0.5) is 0 Å². The summed E-state index contributed by atoms with van der Waals surface area (Å²) in [7, 11) is 1.58. The first kappa shape index (κ1) is 18.2. The van der Waals surface area contributed by atoms with Gasteiger partial charge in [-0.15, -0.1) is 0 Å². The van der Waals surface area contributed by atoms with Crippen LogP contribution in [0.2, 0.25) is 0 Å². The molecule has 2 aromatic carbocycles. The van der Waals surface area contributed by atoms with E-state index in [0.29, 0.717) is 17.9 Å². The van der Waals surface area contributed by atoms with Crippen LogP contribution in [0.1, 0.15) is 30.3 Å². The Hall–Kier alpha value is -2.82. The van der Waals surface area contributed by atoms with E-state index in [2.05, 4.69) is 10.5 Å². The van der Waals surface area contributed by atoms with Crippen LogP contribution in [0, 0.1) is 0 Å². The molecule has 0 spiro atoms. The first-order valence-corrected chi connectivity index (χ1v) is 6.93. The van der Waals surface area contributed by atoms with Gasteiger partial charge in [-0.05, 0) is 61.0 Å². The molecule has 1 N–H and O–H groups in total. The molecule has 0 bridgehead atoms. The van der Waals surface area contributed by atoms with Crippen molar-refractivity contribution in [2.45, 2.75) is 14.4 Å². The molecule has 0 saturated carbocycles. The molecule has 2 rings (SSSR count).